The summed E-state index contributed by atoms with van der Waals surface area (Å²) in [5.74, 6) is 0.717. The number of halogens is 3. The van der Waals surface area contributed by atoms with Crippen molar-refractivity contribution in [2.45, 2.75) is 10.2 Å². The van der Waals surface area contributed by atoms with Gasteiger partial charge in [0.05, 0.1) is 7.11 Å². The van der Waals surface area contributed by atoms with Crippen LogP contribution in [0.25, 0.3) is 6.08 Å². The molecule has 1 aliphatic heterocycles. The third kappa shape index (κ3) is 3.95. The first-order valence-corrected chi connectivity index (χ1v) is 6.78. The predicted molar refractivity (Wildman–Crippen MR) is 77.5 cm³/mol. The zero-order chi connectivity index (χ0) is 14.8. The number of fused-ring (bicyclic) bond motifs is 1. The van der Waals surface area contributed by atoms with E-state index in [0.717, 1.165) is 5.56 Å². The zero-order valence-corrected chi connectivity index (χ0v) is 12.8. The summed E-state index contributed by atoms with van der Waals surface area (Å²) in [6, 6.07) is 5.26. The van der Waals surface area contributed by atoms with Crippen LogP contribution in [0.1, 0.15) is 12.0 Å². The molecule has 0 spiro atoms. The van der Waals surface area contributed by atoms with Gasteiger partial charge in [0.2, 0.25) is 6.79 Å². The highest BCUT2D eigenvalue weighted by atomic mass is 35.6. The summed E-state index contributed by atoms with van der Waals surface area (Å²) in [4.78, 5) is 11.7. The second-order valence-corrected chi connectivity index (χ2v) is 6.58. The SMILES string of the molecule is COC(=O)/C(=C/c1ccc2c(c1)OCO2)CC(Cl)(Cl)Cl. The number of benzene rings is 1. The minimum atomic E-state index is -1.57. The van der Waals surface area contributed by atoms with E-state index in [1.165, 1.54) is 7.11 Å². The quantitative estimate of drug-likeness (QED) is 0.479. The Kier molecular flexibility index (Phi) is 4.68. The van der Waals surface area contributed by atoms with E-state index in [0.29, 0.717) is 11.5 Å². The van der Waals surface area contributed by atoms with E-state index in [9.17, 15) is 4.79 Å². The molecule has 4 nitrogen and oxygen atoms in total. The molecule has 0 saturated carbocycles. The van der Waals surface area contributed by atoms with E-state index in [-0.39, 0.29) is 18.8 Å². The molecular weight excluding hydrogens is 326 g/mol. The number of rotatable bonds is 3. The number of carbonyl (C=O) groups is 1. The molecule has 2 rings (SSSR count). The van der Waals surface area contributed by atoms with Crippen LogP contribution in [0.2, 0.25) is 0 Å². The van der Waals surface area contributed by atoms with Gasteiger partial charge in [-0.05, 0) is 23.8 Å². The Morgan fingerprint density at radius 2 is 2.05 bits per heavy atom. The van der Waals surface area contributed by atoms with Crippen LogP contribution in [0.3, 0.4) is 0 Å². The fourth-order valence-electron chi connectivity index (χ4n) is 1.73. The summed E-state index contributed by atoms with van der Waals surface area (Å²) in [6.45, 7) is 0.181. The predicted octanol–water partition coefficient (Wildman–Crippen LogP) is 3.73. The molecule has 0 unspecified atom stereocenters. The van der Waals surface area contributed by atoms with E-state index < -0.39 is 9.76 Å². The van der Waals surface area contributed by atoms with Gasteiger partial charge in [-0.15, -0.1) is 0 Å². The third-order valence-electron chi connectivity index (χ3n) is 2.58. The molecule has 0 amide bonds. The Morgan fingerprint density at radius 1 is 1.35 bits per heavy atom. The fourth-order valence-corrected chi connectivity index (χ4v) is 2.17. The van der Waals surface area contributed by atoms with Gasteiger partial charge in [0.1, 0.15) is 0 Å². The van der Waals surface area contributed by atoms with Crippen molar-refractivity contribution in [3.63, 3.8) is 0 Å². The Bertz CT molecular complexity index is 549. The number of alkyl halides is 3. The van der Waals surface area contributed by atoms with Crippen molar-refractivity contribution in [1.82, 2.24) is 0 Å². The molecule has 7 heteroatoms. The van der Waals surface area contributed by atoms with Gasteiger partial charge in [-0.3, -0.25) is 0 Å². The van der Waals surface area contributed by atoms with Crippen molar-refractivity contribution in [2.24, 2.45) is 0 Å². The van der Waals surface area contributed by atoms with Crippen LogP contribution in [0.4, 0.5) is 0 Å². The van der Waals surface area contributed by atoms with E-state index in [1.807, 2.05) is 0 Å². The van der Waals surface area contributed by atoms with Crippen LogP contribution in [-0.4, -0.2) is 23.7 Å². The normalized spacial score (nSPS) is 14.3. The average Bonchev–Trinajstić information content (AvgIpc) is 2.82. The van der Waals surface area contributed by atoms with Gasteiger partial charge in [-0.1, -0.05) is 40.9 Å². The lowest BCUT2D eigenvalue weighted by molar-refractivity contribution is -0.136. The highest BCUT2D eigenvalue weighted by molar-refractivity contribution is 6.67. The lowest BCUT2D eigenvalue weighted by Crippen LogP contribution is -2.12. The van der Waals surface area contributed by atoms with Crippen molar-refractivity contribution in [3.8, 4) is 11.5 Å². The molecule has 1 aliphatic rings. The van der Waals surface area contributed by atoms with E-state index >= 15 is 0 Å². The number of methoxy groups -OCH3 is 1. The Morgan fingerprint density at radius 3 is 2.70 bits per heavy atom. The number of carbonyl (C=O) groups excluding carboxylic acids is 1. The summed E-state index contributed by atoms with van der Waals surface area (Å²) in [5.41, 5.74) is 0.982. The standard InChI is InChI=1S/C13H11Cl3O4/c1-18-12(17)9(6-13(14,15)16)4-8-2-3-10-11(5-8)20-7-19-10/h2-5H,6-7H2,1H3/b9-4+. The van der Waals surface area contributed by atoms with Crippen LogP contribution in [0, 0.1) is 0 Å². The monoisotopic (exact) mass is 336 g/mol. The molecule has 1 aromatic rings. The van der Waals surface area contributed by atoms with E-state index in [1.54, 1.807) is 24.3 Å². The first-order valence-electron chi connectivity index (χ1n) is 5.64. The first kappa shape index (κ1) is 15.3. The lowest BCUT2D eigenvalue weighted by atomic mass is 10.1. The maximum absolute atomic E-state index is 11.7. The van der Waals surface area contributed by atoms with Gasteiger partial charge in [0.15, 0.2) is 15.3 Å². The van der Waals surface area contributed by atoms with Crippen LogP contribution in [0.15, 0.2) is 23.8 Å². The minimum Gasteiger partial charge on any atom is -0.466 e. The lowest BCUT2D eigenvalue weighted by Gasteiger charge is -2.12. The molecule has 0 atom stereocenters. The number of hydrogen-bond acceptors (Lipinski definition) is 4. The van der Waals surface area contributed by atoms with Gasteiger partial charge in [0, 0.05) is 12.0 Å². The van der Waals surface area contributed by atoms with Gasteiger partial charge < -0.3 is 14.2 Å². The van der Waals surface area contributed by atoms with Gasteiger partial charge >= 0.3 is 5.97 Å². The Balaban J connectivity index is 2.30. The second-order valence-electron chi connectivity index (χ2n) is 4.07. The van der Waals surface area contributed by atoms with E-state index in [4.69, 9.17) is 44.3 Å². The second kappa shape index (κ2) is 6.12. The molecule has 0 saturated heterocycles. The topological polar surface area (TPSA) is 44.8 Å². The molecule has 108 valence electrons. The molecular formula is C13H11Cl3O4. The van der Waals surface area contributed by atoms with Gasteiger partial charge in [-0.25, -0.2) is 4.79 Å². The molecule has 0 aromatic heterocycles. The summed E-state index contributed by atoms with van der Waals surface area (Å²) in [5, 5.41) is 0. The van der Waals surface area contributed by atoms with Crippen molar-refractivity contribution < 1.29 is 19.0 Å². The van der Waals surface area contributed by atoms with Crippen LogP contribution >= 0.6 is 34.8 Å². The van der Waals surface area contributed by atoms with Crippen LogP contribution < -0.4 is 9.47 Å². The van der Waals surface area contributed by atoms with Crippen molar-refractivity contribution in [3.05, 3.63) is 29.3 Å². The third-order valence-corrected chi connectivity index (χ3v) is 2.98. The van der Waals surface area contributed by atoms with Crippen LogP contribution in [0.5, 0.6) is 11.5 Å². The molecule has 1 heterocycles. The highest BCUT2D eigenvalue weighted by Crippen LogP contribution is 2.36. The number of hydrogen-bond donors (Lipinski definition) is 0. The fraction of sp³-hybridized carbons (Fsp3) is 0.308. The Hall–Kier alpha value is -1.10. The molecule has 0 aliphatic carbocycles. The smallest absolute Gasteiger partial charge is 0.333 e. The van der Waals surface area contributed by atoms with E-state index in [2.05, 4.69) is 4.74 Å². The van der Waals surface area contributed by atoms with Gasteiger partial charge in [-0.2, -0.15) is 0 Å². The maximum Gasteiger partial charge on any atom is 0.333 e. The Labute approximate surface area is 131 Å². The average molecular weight is 338 g/mol. The van der Waals surface area contributed by atoms with Crippen molar-refractivity contribution in [2.75, 3.05) is 13.9 Å². The van der Waals surface area contributed by atoms with Gasteiger partial charge in [0.25, 0.3) is 0 Å². The maximum atomic E-state index is 11.7. The molecule has 0 radical (unpaired) electrons. The summed E-state index contributed by atoms with van der Waals surface area (Å²) >= 11 is 17.2. The van der Waals surface area contributed by atoms with Crippen molar-refractivity contribution >= 4 is 46.8 Å². The number of esters is 1. The molecule has 20 heavy (non-hydrogen) atoms. The first-order chi connectivity index (χ1) is 9.39. The summed E-state index contributed by atoms with van der Waals surface area (Å²) in [7, 11) is 1.27. The largest absolute Gasteiger partial charge is 0.466 e. The zero-order valence-electron chi connectivity index (χ0n) is 10.5. The van der Waals surface area contributed by atoms with Crippen molar-refractivity contribution in [1.29, 1.82) is 0 Å². The minimum absolute atomic E-state index is 0.0568. The van der Waals surface area contributed by atoms with Crippen LogP contribution in [-0.2, 0) is 9.53 Å². The molecule has 0 N–H and O–H groups in total. The highest BCUT2D eigenvalue weighted by Gasteiger charge is 2.26. The summed E-state index contributed by atoms with van der Waals surface area (Å²) in [6.07, 6.45) is 1.54. The molecule has 0 fully saturated rings. The molecule has 0 bridgehead atoms. The number of ether oxygens (including phenoxy) is 3. The summed E-state index contributed by atoms with van der Waals surface area (Å²) < 4.78 is 13.6. The molecule has 1 aromatic carbocycles.